The highest BCUT2D eigenvalue weighted by atomic mass is 16.2. The first-order chi connectivity index (χ1) is 9.88. The van der Waals surface area contributed by atoms with Crippen LogP contribution in [0.1, 0.15) is 52.6 Å². The average Bonchev–Trinajstić information content (AvgIpc) is 2.46. The van der Waals surface area contributed by atoms with Gasteiger partial charge in [0, 0.05) is 18.3 Å². The number of carbonyl (C=O) groups is 1. The molecular weight excluding hydrogens is 262 g/mol. The minimum atomic E-state index is -0.149. The van der Waals surface area contributed by atoms with E-state index in [0.717, 1.165) is 18.7 Å². The van der Waals surface area contributed by atoms with Gasteiger partial charge in [-0.15, -0.1) is 0 Å². The fourth-order valence-corrected chi connectivity index (χ4v) is 1.90. The first-order valence-corrected chi connectivity index (χ1v) is 7.76. The van der Waals surface area contributed by atoms with E-state index in [-0.39, 0.29) is 11.4 Å². The fraction of sp³-hybridized carbons (Fsp3) is 0.588. The Balaban J connectivity index is 2.50. The third-order valence-electron chi connectivity index (χ3n) is 3.86. The van der Waals surface area contributed by atoms with Crippen LogP contribution in [0.4, 0.5) is 10.5 Å². The van der Waals surface area contributed by atoms with Crippen molar-refractivity contribution in [3.05, 3.63) is 29.8 Å². The SMILES string of the molecule is CCNC(C)c1ccc(NC(=O)NCC(C)(C)CC)cc1. The quantitative estimate of drug-likeness (QED) is 0.713. The molecule has 0 aliphatic carbocycles. The predicted molar refractivity (Wildman–Crippen MR) is 89.6 cm³/mol. The van der Waals surface area contributed by atoms with Gasteiger partial charge in [-0.25, -0.2) is 4.79 Å². The van der Waals surface area contributed by atoms with Gasteiger partial charge in [0.1, 0.15) is 0 Å². The van der Waals surface area contributed by atoms with Crippen molar-refractivity contribution in [3.63, 3.8) is 0 Å². The van der Waals surface area contributed by atoms with Crippen LogP contribution in [0.15, 0.2) is 24.3 Å². The van der Waals surface area contributed by atoms with Gasteiger partial charge in [-0.3, -0.25) is 0 Å². The Morgan fingerprint density at radius 2 is 1.81 bits per heavy atom. The van der Waals surface area contributed by atoms with E-state index in [1.54, 1.807) is 0 Å². The van der Waals surface area contributed by atoms with E-state index in [2.05, 4.69) is 50.6 Å². The van der Waals surface area contributed by atoms with E-state index in [9.17, 15) is 4.79 Å². The van der Waals surface area contributed by atoms with Gasteiger partial charge in [-0.2, -0.15) is 0 Å². The molecule has 21 heavy (non-hydrogen) atoms. The normalized spacial score (nSPS) is 12.8. The molecule has 0 aromatic heterocycles. The molecule has 0 saturated carbocycles. The topological polar surface area (TPSA) is 53.2 Å². The van der Waals surface area contributed by atoms with Crippen molar-refractivity contribution in [2.24, 2.45) is 5.41 Å². The Labute approximate surface area is 128 Å². The lowest BCUT2D eigenvalue weighted by Gasteiger charge is -2.23. The summed E-state index contributed by atoms with van der Waals surface area (Å²) in [5.41, 5.74) is 2.16. The molecular formula is C17H29N3O. The number of hydrogen-bond acceptors (Lipinski definition) is 2. The van der Waals surface area contributed by atoms with E-state index in [4.69, 9.17) is 0 Å². The Hall–Kier alpha value is -1.55. The summed E-state index contributed by atoms with van der Waals surface area (Å²) in [7, 11) is 0. The van der Waals surface area contributed by atoms with Crippen molar-refractivity contribution in [2.75, 3.05) is 18.4 Å². The van der Waals surface area contributed by atoms with Crippen molar-refractivity contribution < 1.29 is 4.79 Å². The van der Waals surface area contributed by atoms with Crippen LogP contribution in [-0.2, 0) is 0 Å². The maximum Gasteiger partial charge on any atom is 0.319 e. The van der Waals surface area contributed by atoms with Crippen molar-refractivity contribution in [1.29, 1.82) is 0 Å². The highest BCUT2D eigenvalue weighted by molar-refractivity contribution is 5.89. The van der Waals surface area contributed by atoms with Crippen LogP contribution in [0.2, 0.25) is 0 Å². The second-order valence-electron chi connectivity index (χ2n) is 6.23. The smallest absolute Gasteiger partial charge is 0.319 e. The minimum absolute atomic E-state index is 0.127. The lowest BCUT2D eigenvalue weighted by atomic mass is 9.90. The molecule has 0 saturated heterocycles. The summed E-state index contributed by atoms with van der Waals surface area (Å²) in [6, 6.07) is 8.13. The number of anilines is 1. The monoisotopic (exact) mass is 291 g/mol. The highest BCUT2D eigenvalue weighted by Crippen LogP contribution is 2.18. The summed E-state index contributed by atoms with van der Waals surface area (Å²) in [4.78, 5) is 11.9. The molecule has 0 fully saturated rings. The first-order valence-electron chi connectivity index (χ1n) is 7.76. The molecule has 2 amide bonds. The summed E-state index contributed by atoms with van der Waals surface area (Å²) in [6.07, 6.45) is 1.03. The molecule has 0 aliphatic rings. The standard InChI is InChI=1S/C17H29N3O/c1-6-17(4,5)12-19-16(21)20-15-10-8-14(9-11-15)13(3)18-7-2/h8-11,13,18H,6-7,12H2,1-5H3,(H2,19,20,21). The Kier molecular flexibility index (Phi) is 6.69. The molecule has 1 rings (SSSR count). The molecule has 1 unspecified atom stereocenters. The van der Waals surface area contributed by atoms with Crippen LogP contribution in [0.5, 0.6) is 0 Å². The van der Waals surface area contributed by atoms with Gasteiger partial charge < -0.3 is 16.0 Å². The number of carbonyl (C=O) groups excluding carboxylic acids is 1. The zero-order valence-electron chi connectivity index (χ0n) is 13.9. The van der Waals surface area contributed by atoms with Gasteiger partial charge in [0.15, 0.2) is 0 Å². The number of urea groups is 1. The third kappa shape index (κ3) is 6.17. The molecule has 1 aromatic rings. The molecule has 118 valence electrons. The Morgan fingerprint density at radius 1 is 1.19 bits per heavy atom. The maximum atomic E-state index is 11.9. The van der Waals surface area contributed by atoms with Crippen LogP contribution < -0.4 is 16.0 Å². The van der Waals surface area contributed by atoms with Crippen LogP contribution in [0.25, 0.3) is 0 Å². The molecule has 4 nitrogen and oxygen atoms in total. The fourth-order valence-electron chi connectivity index (χ4n) is 1.90. The van der Waals surface area contributed by atoms with Gasteiger partial charge in [0.2, 0.25) is 0 Å². The summed E-state index contributed by atoms with van der Waals surface area (Å²) >= 11 is 0. The van der Waals surface area contributed by atoms with E-state index in [1.165, 1.54) is 5.56 Å². The van der Waals surface area contributed by atoms with Gasteiger partial charge in [-0.05, 0) is 43.0 Å². The van der Waals surface area contributed by atoms with Gasteiger partial charge >= 0.3 is 6.03 Å². The molecule has 0 heterocycles. The predicted octanol–water partition coefficient (Wildman–Crippen LogP) is 3.91. The molecule has 0 bridgehead atoms. The Bertz CT molecular complexity index is 440. The van der Waals surface area contributed by atoms with E-state index in [1.807, 2.05) is 24.3 Å². The zero-order chi connectivity index (χ0) is 15.9. The number of rotatable bonds is 7. The van der Waals surface area contributed by atoms with Crippen LogP contribution in [0.3, 0.4) is 0 Å². The molecule has 3 N–H and O–H groups in total. The molecule has 0 aliphatic heterocycles. The van der Waals surface area contributed by atoms with Crippen molar-refractivity contribution in [2.45, 2.75) is 47.1 Å². The minimum Gasteiger partial charge on any atom is -0.337 e. The molecule has 0 radical (unpaired) electrons. The summed E-state index contributed by atoms with van der Waals surface area (Å²) in [5, 5.41) is 9.15. The summed E-state index contributed by atoms with van der Waals surface area (Å²) in [5.74, 6) is 0. The molecule has 1 atom stereocenters. The van der Waals surface area contributed by atoms with E-state index >= 15 is 0 Å². The number of nitrogens with one attached hydrogen (secondary N) is 3. The Morgan fingerprint density at radius 3 is 2.33 bits per heavy atom. The van der Waals surface area contributed by atoms with Crippen LogP contribution in [0, 0.1) is 5.41 Å². The second-order valence-corrected chi connectivity index (χ2v) is 6.23. The first kappa shape index (κ1) is 17.5. The van der Waals surface area contributed by atoms with E-state index < -0.39 is 0 Å². The second kappa shape index (κ2) is 8.03. The zero-order valence-corrected chi connectivity index (χ0v) is 13.9. The number of benzene rings is 1. The molecule has 1 aromatic carbocycles. The lowest BCUT2D eigenvalue weighted by Crippen LogP contribution is -2.36. The number of amides is 2. The van der Waals surface area contributed by atoms with Crippen LogP contribution in [-0.4, -0.2) is 19.1 Å². The number of hydrogen-bond donors (Lipinski definition) is 3. The average molecular weight is 291 g/mol. The third-order valence-corrected chi connectivity index (χ3v) is 3.86. The van der Waals surface area contributed by atoms with Gasteiger partial charge in [-0.1, -0.05) is 39.8 Å². The van der Waals surface area contributed by atoms with Crippen molar-refractivity contribution >= 4 is 11.7 Å². The van der Waals surface area contributed by atoms with Gasteiger partial charge in [0.25, 0.3) is 0 Å². The van der Waals surface area contributed by atoms with Crippen LogP contribution >= 0.6 is 0 Å². The van der Waals surface area contributed by atoms with Crippen molar-refractivity contribution in [1.82, 2.24) is 10.6 Å². The molecule has 4 heteroatoms. The van der Waals surface area contributed by atoms with Gasteiger partial charge in [0.05, 0.1) is 0 Å². The highest BCUT2D eigenvalue weighted by Gasteiger charge is 2.16. The van der Waals surface area contributed by atoms with E-state index in [0.29, 0.717) is 12.6 Å². The van der Waals surface area contributed by atoms with Crippen molar-refractivity contribution in [3.8, 4) is 0 Å². The lowest BCUT2D eigenvalue weighted by molar-refractivity contribution is 0.244. The largest absolute Gasteiger partial charge is 0.337 e. The summed E-state index contributed by atoms with van der Waals surface area (Å²) in [6.45, 7) is 12.2. The maximum absolute atomic E-state index is 11.9. The molecule has 0 spiro atoms. The summed E-state index contributed by atoms with van der Waals surface area (Å²) < 4.78 is 0.